The van der Waals surface area contributed by atoms with Crippen LogP contribution in [0.1, 0.15) is 71.7 Å². The minimum absolute atomic E-state index is 0.00225. The van der Waals surface area contributed by atoms with Crippen molar-refractivity contribution in [1.29, 1.82) is 0 Å². The van der Waals surface area contributed by atoms with Crippen LogP contribution >= 0.6 is 0 Å². The smallest absolute Gasteiger partial charge is 0.306 e. The van der Waals surface area contributed by atoms with Crippen LogP contribution in [0, 0.1) is 0 Å². The Balaban J connectivity index is 1.40. The van der Waals surface area contributed by atoms with Crippen molar-refractivity contribution < 1.29 is 28.7 Å². The van der Waals surface area contributed by atoms with E-state index in [1.165, 1.54) is 0 Å². The number of ether oxygens (including phenoxy) is 2. The number of aryl methyl sites for hydroxylation is 1. The van der Waals surface area contributed by atoms with Gasteiger partial charge in [0.1, 0.15) is 5.75 Å². The Labute approximate surface area is 193 Å². The Kier molecular flexibility index (Phi) is 8.75. The second kappa shape index (κ2) is 11.9. The van der Waals surface area contributed by atoms with E-state index in [9.17, 15) is 19.2 Å². The van der Waals surface area contributed by atoms with Crippen molar-refractivity contribution in [2.75, 3.05) is 18.5 Å². The van der Waals surface area contributed by atoms with Gasteiger partial charge in [0.05, 0.1) is 13.0 Å². The molecular formula is C26H29NO6. The molecule has 0 bridgehead atoms. The van der Waals surface area contributed by atoms with Crippen LogP contribution in [0.4, 0.5) is 5.69 Å². The quantitative estimate of drug-likeness (QED) is 0.289. The topological polar surface area (TPSA) is 98.8 Å². The fourth-order valence-corrected chi connectivity index (χ4v) is 3.50. The number of Topliss-reactive ketones (excluding diaryl/α,β-unsaturated/α-hetero) is 2. The maximum Gasteiger partial charge on any atom is 0.306 e. The van der Waals surface area contributed by atoms with Crippen LogP contribution in [-0.4, -0.2) is 36.7 Å². The van der Waals surface area contributed by atoms with Crippen LogP contribution in [0.3, 0.4) is 0 Å². The molecule has 0 atom stereocenters. The molecule has 174 valence electrons. The molecule has 0 saturated carbocycles. The lowest BCUT2D eigenvalue weighted by molar-refractivity contribution is -0.142. The van der Waals surface area contributed by atoms with Gasteiger partial charge >= 0.3 is 5.97 Å². The number of ketones is 2. The molecule has 0 saturated heterocycles. The first-order valence-corrected chi connectivity index (χ1v) is 11.3. The first-order valence-electron chi connectivity index (χ1n) is 11.3. The number of fused-ring (bicyclic) bond motifs is 1. The molecule has 0 fully saturated rings. The molecular weight excluding hydrogens is 422 g/mol. The highest BCUT2D eigenvalue weighted by molar-refractivity contribution is 6.00. The van der Waals surface area contributed by atoms with Crippen LogP contribution in [0.5, 0.6) is 5.75 Å². The maximum atomic E-state index is 12.4. The Morgan fingerprint density at radius 3 is 2.42 bits per heavy atom. The average molecular weight is 452 g/mol. The van der Waals surface area contributed by atoms with E-state index in [0.717, 1.165) is 24.8 Å². The summed E-state index contributed by atoms with van der Waals surface area (Å²) in [5.74, 6) is -0.434. The summed E-state index contributed by atoms with van der Waals surface area (Å²) in [5, 5.41) is 2.76. The molecule has 1 amide bonds. The zero-order chi connectivity index (χ0) is 23.6. The third-order valence-corrected chi connectivity index (χ3v) is 5.44. The SMILES string of the molecule is CCCCCOc1ccc(C(=O)CCC(=O)OCC(=O)c2ccc3c(c2)CCC(=O)N3)cc1. The molecule has 0 aromatic heterocycles. The zero-order valence-electron chi connectivity index (χ0n) is 18.9. The van der Waals surface area contributed by atoms with Gasteiger partial charge < -0.3 is 14.8 Å². The van der Waals surface area contributed by atoms with Crippen molar-refractivity contribution in [1.82, 2.24) is 0 Å². The van der Waals surface area contributed by atoms with Crippen molar-refractivity contribution in [2.24, 2.45) is 0 Å². The minimum Gasteiger partial charge on any atom is -0.494 e. The molecule has 7 heteroatoms. The number of anilines is 1. The molecule has 33 heavy (non-hydrogen) atoms. The number of hydrogen-bond donors (Lipinski definition) is 1. The number of carbonyl (C=O) groups is 4. The molecule has 1 aliphatic heterocycles. The number of hydrogen-bond acceptors (Lipinski definition) is 6. The number of esters is 1. The predicted octanol–water partition coefficient (Wildman–Crippen LogP) is 4.53. The van der Waals surface area contributed by atoms with Gasteiger partial charge in [-0.2, -0.15) is 0 Å². The third-order valence-electron chi connectivity index (χ3n) is 5.44. The Hall–Kier alpha value is -3.48. The second-order valence-corrected chi connectivity index (χ2v) is 8.01. The molecule has 0 spiro atoms. The summed E-state index contributed by atoms with van der Waals surface area (Å²) < 4.78 is 10.7. The van der Waals surface area contributed by atoms with Gasteiger partial charge in [-0.05, 0) is 60.9 Å². The monoisotopic (exact) mass is 451 g/mol. The molecule has 7 nitrogen and oxygen atoms in total. The van der Waals surface area contributed by atoms with Crippen LogP contribution in [-0.2, 0) is 20.7 Å². The number of unbranched alkanes of at least 4 members (excludes halogenated alkanes) is 2. The summed E-state index contributed by atoms with van der Waals surface area (Å²) in [4.78, 5) is 48.1. The van der Waals surface area contributed by atoms with E-state index in [0.29, 0.717) is 42.0 Å². The van der Waals surface area contributed by atoms with E-state index >= 15 is 0 Å². The molecule has 2 aromatic rings. The Bertz CT molecular complexity index is 1010. The highest BCUT2D eigenvalue weighted by Gasteiger charge is 2.18. The highest BCUT2D eigenvalue weighted by Crippen LogP contribution is 2.24. The number of rotatable bonds is 12. The number of nitrogens with one attached hydrogen (secondary N) is 1. The van der Waals surface area contributed by atoms with Gasteiger partial charge in [-0.15, -0.1) is 0 Å². The highest BCUT2D eigenvalue weighted by atomic mass is 16.5. The molecule has 0 radical (unpaired) electrons. The third kappa shape index (κ3) is 7.27. The van der Waals surface area contributed by atoms with Crippen LogP contribution in [0.25, 0.3) is 0 Å². The first-order chi connectivity index (χ1) is 16.0. The molecule has 3 rings (SSSR count). The minimum atomic E-state index is -0.599. The van der Waals surface area contributed by atoms with Gasteiger partial charge in [0.15, 0.2) is 18.2 Å². The molecule has 0 unspecified atom stereocenters. The van der Waals surface area contributed by atoms with Crippen molar-refractivity contribution in [3.63, 3.8) is 0 Å². The zero-order valence-corrected chi connectivity index (χ0v) is 18.9. The Morgan fingerprint density at radius 2 is 1.67 bits per heavy atom. The van der Waals surface area contributed by atoms with Crippen LogP contribution < -0.4 is 10.1 Å². The average Bonchev–Trinajstić information content (AvgIpc) is 2.83. The summed E-state index contributed by atoms with van der Waals surface area (Å²) in [6.45, 7) is 2.39. The summed E-state index contributed by atoms with van der Waals surface area (Å²) in [7, 11) is 0. The largest absolute Gasteiger partial charge is 0.494 e. The summed E-state index contributed by atoms with van der Waals surface area (Å²) in [5.41, 5.74) is 2.51. The van der Waals surface area contributed by atoms with Crippen molar-refractivity contribution in [3.8, 4) is 5.75 Å². The van der Waals surface area contributed by atoms with Crippen molar-refractivity contribution in [2.45, 2.75) is 51.9 Å². The molecule has 0 aliphatic carbocycles. The molecule has 1 heterocycles. The van der Waals surface area contributed by atoms with E-state index < -0.39 is 5.97 Å². The van der Waals surface area contributed by atoms with E-state index in [4.69, 9.17) is 9.47 Å². The van der Waals surface area contributed by atoms with Gasteiger partial charge in [0.25, 0.3) is 0 Å². The number of amides is 1. The molecule has 1 N–H and O–H groups in total. The van der Waals surface area contributed by atoms with E-state index in [-0.39, 0.29) is 36.9 Å². The summed E-state index contributed by atoms with van der Waals surface area (Å²) in [6, 6.07) is 11.9. The van der Waals surface area contributed by atoms with Gasteiger partial charge in [-0.3, -0.25) is 19.2 Å². The fraction of sp³-hybridized carbons (Fsp3) is 0.385. The molecule has 1 aliphatic rings. The predicted molar refractivity (Wildman–Crippen MR) is 124 cm³/mol. The summed E-state index contributed by atoms with van der Waals surface area (Å²) >= 11 is 0. The first kappa shape index (κ1) is 24.2. The second-order valence-electron chi connectivity index (χ2n) is 8.01. The van der Waals surface area contributed by atoms with Crippen LogP contribution in [0.2, 0.25) is 0 Å². The molecule has 2 aromatic carbocycles. The lowest BCUT2D eigenvalue weighted by Crippen LogP contribution is -2.20. The standard InChI is InChI=1S/C26H29NO6/c1-2-3-4-15-32-21-9-5-18(6-10-21)23(28)12-14-26(31)33-17-24(29)20-7-11-22-19(16-20)8-13-25(30)27-22/h5-7,9-11,16H,2-4,8,12-15,17H2,1H3,(H,27,30). The van der Waals surface area contributed by atoms with Gasteiger partial charge in [-0.25, -0.2) is 0 Å². The lowest BCUT2D eigenvalue weighted by atomic mass is 9.99. The maximum absolute atomic E-state index is 12.4. The van der Waals surface area contributed by atoms with Gasteiger partial charge in [-0.1, -0.05) is 19.8 Å². The van der Waals surface area contributed by atoms with E-state index in [1.54, 1.807) is 42.5 Å². The number of carbonyl (C=O) groups excluding carboxylic acids is 4. The van der Waals surface area contributed by atoms with Gasteiger partial charge in [0.2, 0.25) is 5.91 Å². The fourth-order valence-electron chi connectivity index (χ4n) is 3.50. The van der Waals surface area contributed by atoms with Crippen molar-refractivity contribution >= 4 is 29.1 Å². The van der Waals surface area contributed by atoms with Gasteiger partial charge in [0, 0.05) is 29.7 Å². The lowest BCUT2D eigenvalue weighted by Gasteiger charge is -2.17. The van der Waals surface area contributed by atoms with Crippen molar-refractivity contribution in [3.05, 3.63) is 59.2 Å². The number of benzene rings is 2. The Morgan fingerprint density at radius 1 is 0.909 bits per heavy atom. The van der Waals surface area contributed by atoms with E-state index in [2.05, 4.69) is 12.2 Å². The van der Waals surface area contributed by atoms with E-state index in [1.807, 2.05) is 0 Å². The van der Waals surface area contributed by atoms with Crippen LogP contribution in [0.15, 0.2) is 42.5 Å². The summed E-state index contributed by atoms with van der Waals surface area (Å²) in [6.07, 6.45) is 4.08. The normalized spacial score (nSPS) is 12.5.